The lowest BCUT2D eigenvalue weighted by Gasteiger charge is -2.15. The first-order valence-electron chi connectivity index (χ1n) is 5.94. The van der Waals surface area contributed by atoms with Crippen LogP contribution in [0.15, 0.2) is 24.3 Å². The van der Waals surface area contributed by atoms with E-state index in [4.69, 9.17) is 0 Å². The summed E-state index contributed by atoms with van der Waals surface area (Å²) in [4.78, 5) is 11.6. The normalized spacial score (nSPS) is 29.5. The van der Waals surface area contributed by atoms with Crippen molar-refractivity contribution in [2.24, 2.45) is 5.92 Å². The van der Waals surface area contributed by atoms with Gasteiger partial charge in [-0.1, -0.05) is 24.3 Å². The summed E-state index contributed by atoms with van der Waals surface area (Å²) in [6.45, 7) is 0. The minimum Gasteiger partial charge on any atom is -0.300 e. The van der Waals surface area contributed by atoms with Crippen molar-refractivity contribution in [1.29, 1.82) is 0 Å². The Morgan fingerprint density at radius 2 is 2.00 bits per heavy atom. The number of benzene rings is 1. The molecular weight excluding hydrogens is 184 g/mol. The SMILES string of the molecule is O=C1CCCC2c3ccccc3CC2C1. The summed E-state index contributed by atoms with van der Waals surface area (Å²) in [6, 6.07) is 8.74. The molecule has 2 atom stereocenters. The summed E-state index contributed by atoms with van der Waals surface area (Å²) in [5, 5.41) is 0. The van der Waals surface area contributed by atoms with E-state index < -0.39 is 0 Å². The molecule has 1 fully saturated rings. The molecule has 1 aromatic rings. The third-order valence-corrected chi connectivity index (χ3v) is 3.97. The van der Waals surface area contributed by atoms with Gasteiger partial charge in [-0.25, -0.2) is 0 Å². The number of hydrogen-bond acceptors (Lipinski definition) is 1. The lowest BCUT2D eigenvalue weighted by atomic mass is 9.88. The van der Waals surface area contributed by atoms with E-state index in [1.165, 1.54) is 17.5 Å². The second-order valence-corrected chi connectivity index (χ2v) is 4.90. The van der Waals surface area contributed by atoms with Crippen LogP contribution in [-0.4, -0.2) is 5.78 Å². The summed E-state index contributed by atoms with van der Waals surface area (Å²) in [7, 11) is 0. The highest BCUT2D eigenvalue weighted by atomic mass is 16.1. The molecule has 0 aromatic heterocycles. The molecule has 1 aromatic carbocycles. The van der Waals surface area contributed by atoms with Gasteiger partial charge in [0.05, 0.1) is 0 Å². The fourth-order valence-corrected chi connectivity index (χ4v) is 3.28. The first-order chi connectivity index (χ1) is 7.34. The molecule has 3 rings (SSSR count). The second kappa shape index (κ2) is 3.48. The third kappa shape index (κ3) is 1.50. The highest BCUT2D eigenvalue weighted by molar-refractivity contribution is 5.79. The van der Waals surface area contributed by atoms with Crippen molar-refractivity contribution < 1.29 is 4.79 Å². The van der Waals surface area contributed by atoms with E-state index in [0.717, 1.165) is 25.7 Å². The summed E-state index contributed by atoms with van der Waals surface area (Å²) in [6.07, 6.45) is 5.07. The van der Waals surface area contributed by atoms with Crippen LogP contribution in [0.4, 0.5) is 0 Å². The molecule has 0 heterocycles. The number of hydrogen-bond donors (Lipinski definition) is 0. The molecule has 0 bridgehead atoms. The highest BCUT2D eigenvalue weighted by Crippen LogP contribution is 2.44. The molecule has 0 spiro atoms. The van der Waals surface area contributed by atoms with Crippen molar-refractivity contribution >= 4 is 5.78 Å². The van der Waals surface area contributed by atoms with Gasteiger partial charge in [-0.2, -0.15) is 0 Å². The van der Waals surface area contributed by atoms with Crippen LogP contribution < -0.4 is 0 Å². The summed E-state index contributed by atoms with van der Waals surface area (Å²) < 4.78 is 0. The van der Waals surface area contributed by atoms with Gasteiger partial charge in [-0.3, -0.25) is 4.79 Å². The molecule has 0 amide bonds. The molecule has 2 unspecified atom stereocenters. The molecule has 2 aliphatic carbocycles. The largest absolute Gasteiger partial charge is 0.300 e. The maximum atomic E-state index is 11.6. The number of fused-ring (bicyclic) bond motifs is 3. The van der Waals surface area contributed by atoms with Crippen molar-refractivity contribution in [1.82, 2.24) is 0 Å². The topological polar surface area (TPSA) is 17.1 Å². The van der Waals surface area contributed by atoms with Gasteiger partial charge < -0.3 is 0 Å². The Morgan fingerprint density at radius 3 is 2.93 bits per heavy atom. The van der Waals surface area contributed by atoms with Crippen molar-refractivity contribution in [3.63, 3.8) is 0 Å². The van der Waals surface area contributed by atoms with Crippen LogP contribution in [-0.2, 0) is 11.2 Å². The van der Waals surface area contributed by atoms with Gasteiger partial charge in [0, 0.05) is 12.8 Å². The van der Waals surface area contributed by atoms with Crippen LogP contribution in [0.1, 0.15) is 42.7 Å². The van der Waals surface area contributed by atoms with Gasteiger partial charge >= 0.3 is 0 Å². The second-order valence-electron chi connectivity index (χ2n) is 4.90. The maximum absolute atomic E-state index is 11.6. The van der Waals surface area contributed by atoms with E-state index in [1.807, 2.05) is 0 Å². The quantitative estimate of drug-likeness (QED) is 0.629. The van der Waals surface area contributed by atoms with E-state index in [1.54, 1.807) is 0 Å². The zero-order chi connectivity index (χ0) is 10.3. The Bertz CT molecular complexity index is 394. The fourth-order valence-electron chi connectivity index (χ4n) is 3.28. The molecule has 15 heavy (non-hydrogen) atoms. The minimum absolute atomic E-state index is 0.482. The van der Waals surface area contributed by atoms with E-state index in [0.29, 0.717) is 17.6 Å². The van der Waals surface area contributed by atoms with Gasteiger partial charge in [-0.15, -0.1) is 0 Å². The lowest BCUT2D eigenvalue weighted by molar-refractivity contribution is -0.119. The van der Waals surface area contributed by atoms with Crippen LogP contribution >= 0.6 is 0 Å². The Balaban J connectivity index is 1.96. The molecule has 2 aliphatic rings. The monoisotopic (exact) mass is 200 g/mol. The molecule has 0 radical (unpaired) electrons. The molecule has 78 valence electrons. The smallest absolute Gasteiger partial charge is 0.133 e. The fraction of sp³-hybridized carbons (Fsp3) is 0.500. The average Bonchev–Trinajstić information content (AvgIpc) is 2.46. The van der Waals surface area contributed by atoms with Crippen LogP contribution in [0.2, 0.25) is 0 Å². The number of rotatable bonds is 0. The first-order valence-corrected chi connectivity index (χ1v) is 5.94. The predicted octanol–water partition coefficient (Wildman–Crippen LogP) is 3.09. The summed E-state index contributed by atoms with van der Waals surface area (Å²) >= 11 is 0. The van der Waals surface area contributed by atoms with Crippen LogP contribution in [0, 0.1) is 5.92 Å². The van der Waals surface area contributed by atoms with Gasteiger partial charge in [-0.05, 0) is 42.2 Å². The Labute approximate surface area is 90.5 Å². The number of carbonyl (C=O) groups is 1. The summed E-state index contributed by atoms with van der Waals surface area (Å²) in [5.74, 6) is 1.76. The van der Waals surface area contributed by atoms with Gasteiger partial charge in [0.1, 0.15) is 5.78 Å². The number of ketones is 1. The van der Waals surface area contributed by atoms with Gasteiger partial charge in [0.15, 0.2) is 0 Å². The van der Waals surface area contributed by atoms with Gasteiger partial charge in [0.2, 0.25) is 0 Å². The van der Waals surface area contributed by atoms with Crippen LogP contribution in [0.25, 0.3) is 0 Å². The van der Waals surface area contributed by atoms with Crippen molar-refractivity contribution in [2.45, 2.75) is 38.0 Å². The summed E-state index contributed by atoms with van der Waals surface area (Å²) in [5.41, 5.74) is 3.01. The number of Topliss-reactive ketones (excluding diaryl/α,β-unsaturated/α-hetero) is 1. The lowest BCUT2D eigenvalue weighted by Crippen LogP contribution is -2.08. The van der Waals surface area contributed by atoms with E-state index >= 15 is 0 Å². The maximum Gasteiger partial charge on any atom is 0.133 e. The zero-order valence-electron chi connectivity index (χ0n) is 8.91. The molecule has 1 nitrogen and oxygen atoms in total. The van der Waals surface area contributed by atoms with Crippen molar-refractivity contribution in [3.05, 3.63) is 35.4 Å². The van der Waals surface area contributed by atoms with Gasteiger partial charge in [0.25, 0.3) is 0 Å². The predicted molar refractivity (Wildman–Crippen MR) is 59.9 cm³/mol. The highest BCUT2D eigenvalue weighted by Gasteiger charge is 2.34. The standard InChI is InChI=1S/C14H16O/c15-12-5-3-7-14-11(9-12)8-10-4-1-2-6-13(10)14/h1-2,4,6,11,14H,3,5,7-9H2. The van der Waals surface area contributed by atoms with Crippen LogP contribution in [0.5, 0.6) is 0 Å². The van der Waals surface area contributed by atoms with E-state index in [-0.39, 0.29) is 0 Å². The first kappa shape index (κ1) is 9.14. The molecule has 1 saturated carbocycles. The third-order valence-electron chi connectivity index (χ3n) is 3.97. The molecule has 0 saturated heterocycles. The van der Waals surface area contributed by atoms with Crippen LogP contribution in [0.3, 0.4) is 0 Å². The Hall–Kier alpha value is -1.11. The van der Waals surface area contributed by atoms with Crippen molar-refractivity contribution in [3.8, 4) is 0 Å². The Morgan fingerprint density at radius 1 is 1.13 bits per heavy atom. The van der Waals surface area contributed by atoms with Crippen molar-refractivity contribution in [2.75, 3.05) is 0 Å². The van der Waals surface area contributed by atoms with E-state index in [2.05, 4.69) is 24.3 Å². The minimum atomic E-state index is 0.482. The molecule has 0 N–H and O–H groups in total. The molecular formula is C14H16O. The van der Waals surface area contributed by atoms with E-state index in [9.17, 15) is 4.79 Å². The molecule has 0 aliphatic heterocycles. The average molecular weight is 200 g/mol. The zero-order valence-corrected chi connectivity index (χ0v) is 8.91. The number of carbonyl (C=O) groups excluding carboxylic acids is 1. The Kier molecular flexibility index (Phi) is 2.12. The molecule has 1 heteroatoms.